The van der Waals surface area contributed by atoms with E-state index in [1.54, 1.807) is 0 Å². The van der Waals surface area contributed by atoms with Gasteiger partial charge in [0.1, 0.15) is 5.54 Å². The Kier molecular flexibility index (Phi) is 7.77. The van der Waals surface area contributed by atoms with E-state index in [9.17, 15) is 4.79 Å². The molecule has 1 rings (SSSR count). The predicted molar refractivity (Wildman–Crippen MR) is 92.8 cm³/mol. The third kappa shape index (κ3) is 6.41. The Balaban J connectivity index is 2.46. The Morgan fingerprint density at radius 1 is 1.38 bits per heavy atom. The van der Waals surface area contributed by atoms with Crippen LogP contribution in [0.3, 0.4) is 0 Å². The molecule has 0 heterocycles. The summed E-state index contributed by atoms with van der Waals surface area (Å²) in [6.45, 7) is 6.00. The first-order chi connectivity index (χ1) is 9.87. The van der Waals surface area contributed by atoms with Crippen LogP contribution in [0.4, 0.5) is 0 Å². The lowest BCUT2D eigenvalue weighted by atomic mass is 9.95. The largest absolute Gasteiger partial charge is 0.468 e. The molecule has 0 spiro atoms. The van der Waals surface area contributed by atoms with Crippen molar-refractivity contribution in [3.8, 4) is 0 Å². The van der Waals surface area contributed by atoms with Crippen LogP contribution < -0.4 is 5.32 Å². The molecule has 0 saturated heterocycles. The van der Waals surface area contributed by atoms with Crippen molar-refractivity contribution in [2.75, 3.05) is 12.9 Å². The molecule has 0 aliphatic heterocycles. The molecule has 3 nitrogen and oxygen atoms in total. The number of thioether (sulfide) groups is 1. The first-order valence-electron chi connectivity index (χ1n) is 7.12. The predicted octanol–water partition coefficient (Wildman–Crippen LogP) is 4.25. The summed E-state index contributed by atoms with van der Waals surface area (Å²) in [7, 11) is 1.44. The normalized spacial score (nSPS) is 14.0. The van der Waals surface area contributed by atoms with Crippen LogP contribution in [-0.2, 0) is 9.53 Å². The summed E-state index contributed by atoms with van der Waals surface area (Å²) < 4.78 is 6.02. The van der Waals surface area contributed by atoms with Crippen LogP contribution in [0, 0.1) is 0 Å². The summed E-state index contributed by atoms with van der Waals surface area (Å²) in [4.78, 5) is 13.2. The molecule has 0 amide bonds. The molecule has 0 aliphatic carbocycles. The van der Waals surface area contributed by atoms with E-state index in [0.29, 0.717) is 0 Å². The van der Waals surface area contributed by atoms with E-state index in [4.69, 9.17) is 4.74 Å². The van der Waals surface area contributed by atoms with E-state index in [1.165, 1.54) is 12.0 Å². The standard InChI is InChI=1S/C16H24BrNO2S/c1-12(2)18-16(3,15(19)20-4)10-5-11-21-14-8-6-13(17)7-9-14/h6-9,12,18H,5,10-11H2,1-4H3. The van der Waals surface area contributed by atoms with Crippen LogP contribution in [-0.4, -0.2) is 30.4 Å². The van der Waals surface area contributed by atoms with Gasteiger partial charge in [0.25, 0.3) is 0 Å². The second kappa shape index (κ2) is 8.81. The Morgan fingerprint density at radius 3 is 2.52 bits per heavy atom. The second-order valence-electron chi connectivity index (χ2n) is 5.53. The van der Waals surface area contributed by atoms with Gasteiger partial charge in [-0.25, -0.2) is 0 Å². The number of methoxy groups -OCH3 is 1. The van der Waals surface area contributed by atoms with Crippen molar-refractivity contribution >= 4 is 33.7 Å². The van der Waals surface area contributed by atoms with Crippen LogP contribution in [0.15, 0.2) is 33.6 Å². The Labute approximate surface area is 140 Å². The van der Waals surface area contributed by atoms with Crippen molar-refractivity contribution < 1.29 is 9.53 Å². The molecule has 0 radical (unpaired) electrons. The second-order valence-corrected chi connectivity index (χ2v) is 7.61. The Morgan fingerprint density at radius 2 is 2.00 bits per heavy atom. The van der Waals surface area contributed by atoms with Gasteiger partial charge in [-0.1, -0.05) is 15.9 Å². The van der Waals surface area contributed by atoms with Crippen LogP contribution in [0.1, 0.15) is 33.6 Å². The van der Waals surface area contributed by atoms with Gasteiger partial charge in [-0.2, -0.15) is 0 Å². The summed E-state index contributed by atoms with van der Waals surface area (Å²) in [6, 6.07) is 8.53. The van der Waals surface area contributed by atoms with Gasteiger partial charge in [-0.05, 0) is 63.6 Å². The summed E-state index contributed by atoms with van der Waals surface area (Å²) >= 11 is 5.24. The lowest BCUT2D eigenvalue weighted by Crippen LogP contribution is -2.53. The number of hydrogen-bond donors (Lipinski definition) is 1. The van der Waals surface area contributed by atoms with Crippen LogP contribution in [0.5, 0.6) is 0 Å². The van der Waals surface area contributed by atoms with Gasteiger partial charge in [-0.3, -0.25) is 10.1 Å². The molecule has 1 aromatic rings. The maximum absolute atomic E-state index is 12.0. The Hall–Kier alpha value is -0.520. The van der Waals surface area contributed by atoms with Gasteiger partial charge in [0.15, 0.2) is 0 Å². The Bertz CT molecular complexity index is 450. The number of esters is 1. The maximum atomic E-state index is 12.0. The minimum atomic E-state index is -0.608. The minimum Gasteiger partial charge on any atom is -0.468 e. The molecule has 0 bridgehead atoms. The van der Waals surface area contributed by atoms with Crippen LogP contribution in [0.25, 0.3) is 0 Å². The molecule has 0 aliphatic rings. The maximum Gasteiger partial charge on any atom is 0.325 e. The summed E-state index contributed by atoms with van der Waals surface area (Å²) in [5, 5.41) is 3.32. The zero-order chi connectivity index (χ0) is 15.9. The lowest BCUT2D eigenvalue weighted by Gasteiger charge is -2.30. The summed E-state index contributed by atoms with van der Waals surface area (Å²) in [5.41, 5.74) is -0.608. The zero-order valence-corrected chi connectivity index (χ0v) is 15.5. The van der Waals surface area contributed by atoms with Crippen molar-refractivity contribution in [2.45, 2.75) is 50.1 Å². The molecule has 21 heavy (non-hydrogen) atoms. The number of carbonyl (C=O) groups is 1. The van der Waals surface area contributed by atoms with E-state index in [0.717, 1.165) is 23.1 Å². The molecule has 0 fully saturated rings. The summed E-state index contributed by atoms with van der Waals surface area (Å²) in [6.07, 6.45) is 1.72. The fourth-order valence-corrected chi connectivity index (χ4v) is 3.36. The zero-order valence-electron chi connectivity index (χ0n) is 13.1. The highest BCUT2D eigenvalue weighted by atomic mass is 79.9. The molecule has 1 aromatic carbocycles. The average molecular weight is 374 g/mol. The highest BCUT2D eigenvalue weighted by molar-refractivity contribution is 9.10. The van der Waals surface area contributed by atoms with E-state index in [2.05, 4.69) is 33.4 Å². The van der Waals surface area contributed by atoms with Gasteiger partial charge >= 0.3 is 5.97 Å². The van der Waals surface area contributed by atoms with Crippen molar-refractivity contribution in [2.24, 2.45) is 0 Å². The molecule has 1 unspecified atom stereocenters. The summed E-state index contributed by atoms with van der Waals surface area (Å²) in [5.74, 6) is 0.790. The molecular weight excluding hydrogens is 350 g/mol. The number of hydrogen-bond acceptors (Lipinski definition) is 4. The van der Waals surface area contributed by atoms with Crippen LogP contribution >= 0.6 is 27.7 Å². The van der Waals surface area contributed by atoms with Gasteiger partial charge in [0.2, 0.25) is 0 Å². The lowest BCUT2D eigenvalue weighted by molar-refractivity contribution is -0.148. The number of carbonyl (C=O) groups excluding carboxylic acids is 1. The van der Waals surface area contributed by atoms with Crippen molar-refractivity contribution in [1.29, 1.82) is 0 Å². The molecule has 118 valence electrons. The molecular formula is C16H24BrNO2S. The van der Waals surface area contributed by atoms with E-state index < -0.39 is 5.54 Å². The van der Waals surface area contributed by atoms with Crippen molar-refractivity contribution in [1.82, 2.24) is 5.32 Å². The number of benzene rings is 1. The first-order valence-corrected chi connectivity index (χ1v) is 8.90. The highest BCUT2D eigenvalue weighted by Gasteiger charge is 2.33. The fourth-order valence-electron chi connectivity index (χ4n) is 2.24. The van der Waals surface area contributed by atoms with E-state index in [1.807, 2.05) is 44.7 Å². The quantitative estimate of drug-likeness (QED) is 0.419. The van der Waals surface area contributed by atoms with Crippen molar-refractivity contribution in [3.05, 3.63) is 28.7 Å². The smallest absolute Gasteiger partial charge is 0.325 e. The number of ether oxygens (including phenoxy) is 1. The van der Waals surface area contributed by atoms with Gasteiger partial charge in [0, 0.05) is 15.4 Å². The number of nitrogens with one attached hydrogen (secondary N) is 1. The van der Waals surface area contributed by atoms with E-state index in [-0.39, 0.29) is 12.0 Å². The highest BCUT2D eigenvalue weighted by Crippen LogP contribution is 2.24. The van der Waals surface area contributed by atoms with E-state index >= 15 is 0 Å². The topological polar surface area (TPSA) is 38.3 Å². The first kappa shape index (κ1) is 18.5. The minimum absolute atomic E-state index is 0.190. The van der Waals surface area contributed by atoms with Crippen molar-refractivity contribution in [3.63, 3.8) is 0 Å². The third-order valence-electron chi connectivity index (χ3n) is 3.15. The van der Waals surface area contributed by atoms with Crippen LogP contribution in [0.2, 0.25) is 0 Å². The van der Waals surface area contributed by atoms with Gasteiger partial charge in [0.05, 0.1) is 7.11 Å². The SMILES string of the molecule is COC(=O)C(C)(CCCSc1ccc(Br)cc1)NC(C)C. The molecule has 1 atom stereocenters. The third-order valence-corrected chi connectivity index (χ3v) is 4.77. The number of halogens is 1. The number of rotatable bonds is 8. The molecule has 5 heteroatoms. The molecule has 1 N–H and O–H groups in total. The average Bonchev–Trinajstić information content (AvgIpc) is 2.44. The van der Waals surface area contributed by atoms with Gasteiger partial charge < -0.3 is 4.74 Å². The van der Waals surface area contributed by atoms with Gasteiger partial charge in [-0.15, -0.1) is 11.8 Å². The molecule has 0 aromatic heterocycles. The molecule has 0 saturated carbocycles. The monoisotopic (exact) mass is 373 g/mol. The fraction of sp³-hybridized carbons (Fsp3) is 0.562.